The van der Waals surface area contributed by atoms with E-state index in [0.717, 1.165) is 17.1 Å². The second kappa shape index (κ2) is 5.75. The number of nitriles is 1. The van der Waals surface area contributed by atoms with Crippen LogP contribution in [0, 0.1) is 32.1 Å². The van der Waals surface area contributed by atoms with Crippen molar-refractivity contribution in [3.63, 3.8) is 0 Å². The molecule has 3 heteroatoms. The highest BCUT2D eigenvalue weighted by Gasteiger charge is 2.13. The number of benzene rings is 1. The maximum atomic E-state index is 8.81. The van der Waals surface area contributed by atoms with Gasteiger partial charge >= 0.3 is 0 Å². The van der Waals surface area contributed by atoms with Gasteiger partial charge in [-0.15, -0.1) is 0 Å². The number of aryl methyl sites for hydroxylation is 3. The second-order valence-electron chi connectivity index (χ2n) is 5.13. The monoisotopic (exact) mass is 265 g/mol. The van der Waals surface area contributed by atoms with Crippen molar-refractivity contribution in [3.8, 4) is 6.07 Å². The third kappa shape index (κ3) is 2.97. The van der Waals surface area contributed by atoms with Crippen LogP contribution in [0.3, 0.4) is 0 Å². The minimum absolute atomic E-state index is 0.177. The average molecular weight is 265 g/mol. The van der Waals surface area contributed by atoms with E-state index in [9.17, 15) is 0 Å². The Kier molecular flexibility index (Phi) is 4.05. The molecule has 0 aliphatic rings. The van der Waals surface area contributed by atoms with Gasteiger partial charge in [0, 0.05) is 17.1 Å². The van der Waals surface area contributed by atoms with Crippen molar-refractivity contribution in [2.24, 2.45) is 0 Å². The zero-order chi connectivity index (χ0) is 14.7. The van der Waals surface area contributed by atoms with Crippen LogP contribution in [-0.4, -0.2) is 4.98 Å². The van der Waals surface area contributed by atoms with E-state index in [0.29, 0.717) is 5.56 Å². The van der Waals surface area contributed by atoms with Crippen LogP contribution in [0.15, 0.2) is 30.3 Å². The quantitative estimate of drug-likeness (QED) is 0.910. The van der Waals surface area contributed by atoms with E-state index in [2.05, 4.69) is 36.3 Å². The van der Waals surface area contributed by atoms with Crippen LogP contribution in [0.4, 0.5) is 5.69 Å². The zero-order valence-corrected chi connectivity index (χ0v) is 12.4. The number of anilines is 1. The Labute approximate surface area is 120 Å². The first kappa shape index (κ1) is 14.1. The summed E-state index contributed by atoms with van der Waals surface area (Å²) in [7, 11) is 0. The molecule has 0 bridgehead atoms. The van der Waals surface area contributed by atoms with E-state index in [-0.39, 0.29) is 6.04 Å². The Morgan fingerprint density at radius 3 is 2.35 bits per heavy atom. The summed E-state index contributed by atoms with van der Waals surface area (Å²) in [6.45, 7) is 8.31. The van der Waals surface area contributed by atoms with E-state index in [1.165, 1.54) is 11.1 Å². The van der Waals surface area contributed by atoms with E-state index >= 15 is 0 Å². The Bertz CT molecular complexity index is 628. The molecule has 0 saturated carbocycles. The van der Waals surface area contributed by atoms with Crippen LogP contribution in [0.25, 0.3) is 0 Å². The van der Waals surface area contributed by atoms with Crippen LogP contribution in [0.2, 0.25) is 0 Å². The van der Waals surface area contributed by atoms with Crippen LogP contribution < -0.4 is 5.32 Å². The van der Waals surface area contributed by atoms with Crippen molar-refractivity contribution < 1.29 is 0 Å². The fourth-order valence-electron chi connectivity index (χ4n) is 2.65. The lowest BCUT2D eigenvalue weighted by molar-refractivity contribution is 0.843. The van der Waals surface area contributed by atoms with Crippen LogP contribution in [0.5, 0.6) is 0 Å². The predicted octanol–water partition coefficient (Wildman–Crippen LogP) is 4.05. The van der Waals surface area contributed by atoms with E-state index in [1.54, 1.807) is 0 Å². The number of hydrogen-bond donors (Lipinski definition) is 1. The maximum absolute atomic E-state index is 8.81. The molecule has 1 atom stereocenters. The Hall–Kier alpha value is -2.34. The molecule has 0 spiro atoms. The Morgan fingerprint density at radius 1 is 1.15 bits per heavy atom. The van der Waals surface area contributed by atoms with Crippen LogP contribution in [-0.2, 0) is 0 Å². The third-order valence-corrected chi connectivity index (χ3v) is 3.41. The fourth-order valence-corrected chi connectivity index (χ4v) is 2.65. The van der Waals surface area contributed by atoms with Crippen molar-refractivity contribution in [1.82, 2.24) is 4.98 Å². The highest BCUT2D eigenvalue weighted by molar-refractivity contribution is 5.49. The number of nitrogens with zero attached hydrogens (tertiary/aromatic N) is 2. The molecule has 0 aliphatic carbocycles. The molecule has 1 unspecified atom stereocenters. The van der Waals surface area contributed by atoms with Gasteiger partial charge in [0.1, 0.15) is 0 Å². The minimum Gasteiger partial charge on any atom is -0.378 e. The standard InChI is InChI=1S/C17H19N3/c1-11-9-12(2)19-13(3)17(11)14(4)20-16-7-5-15(10-18)6-8-16/h5-9,14,20H,1-4H3. The van der Waals surface area contributed by atoms with E-state index in [1.807, 2.05) is 38.1 Å². The molecule has 102 valence electrons. The van der Waals surface area contributed by atoms with Gasteiger partial charge in [0.15, 0.2) is 0 Å². The lowest BCUT2D eigenvalue weighted by Gasteiger charge is -2.20. The molecule has 1 aromatic heterocycles. The first-order valence-electron chi connectivity index (χ1n) is 6.72. The van der Waals surface area contributed by atoms with E-state index in [4.69, 9.17) is 5.26 Å². The lowest BCUT2D eigenvalue weighted by Crippen LogP contribution is -2.11. The highest BCUT2D eigenvalue weighted by atomic mass is 14.9. The second-order valence-corrected chi connectivity index (χ2v) is 5.13. The summed E-state index contributed by atoms with van der Waals surface area (Å²) in [4.78, 5) is 4.54. The van der Waals surface area contributed by atoms with Crippen LogP contribution >= 0.6 is 0 Å². The molecule has 2 aromatic rings. The summed E-state index contributed by atoms with van der Waals surface area (Å²) in [5.41, 5.74) is 6.29. The molecule has 0 amide bonds. The van der Waals surface area contributed by atoms with Crippen LogP contribution in [0.1, 0.15) is 41.0 Å². The topological polar surface area (TPSA) is 48.7 Å². The molecule has 0 radical (unpaired) electrons. The molecule has 1 N–H and O–H groups in total. The summed E-state index contributed by atoms with van der Waals surface area (Å²) < 4.78 is 0. The Balaban J connectivity index is 2.24. The van der Waals surface area contributed by atoms with Crippen molar-refractivity contribution in [3.05, 3.63) is 58.4 Å². The van der Waals surface area contributed by atoms with Gasteiger partial charge in [-0.1, -0.05) is 0 Å². The number of rotatable bonds is 3. The number of pyridine rings is 1. The van der Waals surface area contributed by atoms with Gasteiger partial charge in [-0.25, -0.2) is 0 Å². The molecule has 3 nitrogen and oxygen atoms in total. The first-order chi connectivity index (χ1) is 9.51. The van der Waals surface area contributed by atoms with Gasteiger partial charge in [-0.3, -0.25) is 4.98 Å². The average Bonchev–Trinajstić information content (AvgIpc) is 2.38. The lowest BCUT2D eigenvalue weighted by atomic mass is 10.00. The number of nitrogens with one attached hydrogen (secondary N) is 1. The molecule has 0 aliphatic heterocycles. The first-order valence-corrected chi connectivity index (χ1v) is 6.72. The molecule has 0 fully saturated rings. The van der Waals surface area contributed by atoms with E-state index < -0.39 is 0 Å². The van der Waals surface area contributed by atoms with Gasteiger partial charge in [0.05, 0.1) is 17.7 Å². The molecule has 1 heterocycles. The van der Waals surface area contributed by atoms with Crippen molar-refractivity contribution >= 4 is 5.69 Å². The van der Waals surface area contributed by atoms with Gasteiger partial charge in [0.25, 0.3) is 0 Å². The summed E-state index contributed by atoms with van der Waals surface area (Å²) in [6.07, 6.45) is 0. The molecule has 2 rings (SSSR count). The number of hydrogen-bond acceptors (Lipinski definition) is 3. The minimum atomic E-state index is 0.177. The highest BCUT2D eigenvalue weighted by Crippen LogP contribution is 2.25. The third-order valence-electron chi connectivity index (χ3n) is 3.41. The molecule has 0 saturated heterocycles. The van der Waals surface area contributed by atoms with Gasteiger partial charge < -0.3 is 5.32 Å². The summed E-state index contributed by atoms with van der Waals surface area (Å²) in [6, 6.07) is 11.9. The van der Waals surface area contributed by atoms with Gasteiger partial charge in [-0.05, 0) is 69.2 Å². The smallest absolute Gasteiger partial charge is 0.0991 e. The van der Waals surface area contributed by atoms with Crippen molar-refractivity contribution in [1.29, 1.82) is 5.26 Å². The largest absolute Gasteiger partial charge is 0.378 e. The van der Waals surface area contributed by atoms with Gasteiger partial charge in [0.2, 0.25) is 0 Å². The Morgan fingerprint density at radius 2 is 1.80 bits per heavy atom. The SMILES string of the molecule is Cc1cc(C)c(C(C)Nc2ccc(C#N)cc2)c(C)n1. The molecule has 20 heavy (non-hydrogen) atoms. The predicted molar refractivity (Wildman–Crippen MR) is 81.6 cm³/mol. The van der Waals surface area contributed by atoms with Gasteiger partial charge in [-0.2, -0.15) is 5.26 Å². The summed E-state index contributed by atoms with van der Waals surface area (Å²) >= 11 is 0. The number of aromatic nitrogens is 1. The molecular formula is C17H19N3. The van der Waals surface area contributed by atoms with Crippen molar-refractivity contribution in [2.75, 3.05) is 5.32 Å². The molecule has 1 aromatic carbocycles. The molecular weight excluding hydrogens is 246 g/mol. The zero-order valence-electron chi connectivity index (χ0n) is 12.4. The van der Waals surface area contributed by atoms with Crippen molar-refractivity contribution in [2.45, 2.75) is 33.7 Å². The summed E-state index contributed by atoms with van der Waals surface area (Å²) in [5, 5.41) is 12.3. The maximum Gasteiger partial charge on any atom is 0.0991 e. The summed E-state index contributed by atoms with van der Waals surface area (Å²) in [5.74, 6) is 0. The normalized spacial score (nSPS) is 11.8. The fraction of sp³-hybridized carbons (Fsp3) is 0.294.